The second-order valence-electron chi connectivity index (χ2n) is 7.67. The minimum atomic E-state index is -4.71. The summed E-state index contributed by atoms with van der Waals surface area (Å²) in [5.41, 5.74) is -0.799. The minimum absolute atomic E-state index is 0.0945. The van der Waals surface area contributed by atoms with Crippen molar-refractivity contribution < 1.29 is 27.5 Å². The second kappa shape index (κ2) is 8.56. The van der Waals surface area contributed by atoms with E-state index in [0.717, 1.165) is 43.6 Å². The van der Waals surface area contributed by atoms with E-state index >= 15 is 0 Å². The van der Waals surface area contributed by atoms with E-state index in [4.69, 9.17) is 4.74 Å². The van der Waals surface area contributed by atoms with Crippen LogP contribution in [-0.4, -0.2) is 39.1 Å². The van der Waals surface area contributed by atoms with E-state index in [1.54, 1.807) is 12.1 Å². The smallest absolute Gasteiger partial charge is 0.434 e. The van der Waals surface area contributed by atoms with Crippen LogP contribution in [0.25, 0.3) is 10.9 Å². The van der Waals surface area contributed by atoms with Crippen molar-refractivity contribution in [3.8, 4) is 5.75 Å². The van der Waals surface area contributed by atoms with Crippen LogP contribution in [0.15, 0.2) is 30.7 Å². The third kappa shape index (κ3) is 4.41. The Bertz CT molecular complexity index is 1150. The molecule has 0 spiro atoms. The van der Waals surface area contributed by atoms with Gasteiger partial charge in [0.15, 0.2) is 5.69 Å². The highest BCUT2D eigenvalue weighted by Crippen LogP contribution is 2.34. The fourth-order valence-corrected chi connectivity index (χ4v) is 3.83. The quantitative estimate of drug-likeness (QED) is 0.593. The third-order valence-corrected chi connectivity index (χ3v) is 5.56. The Morgan fingerprint density at radius 3 is 2.62 bits per heavy atom. The number of nitrogens with one attached hydrogen (secondary N) is 1. The van der Waals surface area contributed by atoms with Gasteiger partial charge in [-0.15, -0.1) is 0 Å². The van der Waals surface area contributed by atoms with Gasteiger partial charge in [0.1, 0.15) is 17.7 Å². The molecule has 11 heteroatoms. The van der Waals surface area contributed by atoms with E-state index in [1.807, 2.05) is 10.9 Å². The van der Waals surface area contributed by atoms with E-state index < -0.39 is 23.5 Å². The predicted molar refractivity (Wildman–Crippen MR) is 108 cm³/mol. The summed E-state index contributed by atoms with van der Waals surface area (Å²) in [6.07, 6.45) is 2.96. The molecule has 0 atom stereocenters. The van der Waals surface area contributed by atoms with E-state index in [0.29, 0.717) is 17.5 Å². The van der Waals surface area contributed by atoms with Crippen LogP contribution >= 0.6 is 0 Å². The molecule has 1 amide bonds. The first-order valence-electron chi connectivity index (χ1n) is 10.0. The lowest BCUT2D eigenvalue weighted by Gasteiger charge is -2.25. The van der Waals surface area contributed by atoms with Crippen molar-refractivity contribution in [2.75, 3.05) is 12.4 Å². The molecule has 3 aromatic rings. The number of hydrogen-bond acceptors (Lipinski definition) is 6. The number of carbonyl (C=O) groups excluding carboxylic acids is 2. The Hall–Kier alpha value is -3.50. The van der Waals surface area contributed by atoms with Gasteiger partial charge in [-0.3, -0.25) is 14.5 Å². The van der Waals surface area contributed by atoms with Gasteiger partial charge in [-0.1, -0.05) is 0 Å². The molecular weight excluding hydrogens is 427 g/mol. The van der Waals surface area contributed by atoms with E-state index in [1.165, 1.54) is 7.11 Å². The van der Waals surface area contributed by atoms with E-state index in [2.05, 4.69) is 20.4 Å². The summed E-state index contributed by atoms with van der Waals surface area (Å²) in [6, 6.07) is 3.47. The van der Waals surface area contributed by atoms with Gasteiger partial charge in [-0.05, 0) is 31.7 Å². The van der Waals surface area contributed by atoms with Crippen LogP contribution in [0, 0.1) is 5.92 Å². The number of rotatable bonds is 5. The minimum Gasteiger partial charge on any atom is -0.494 e. The zero-order valence-corrected chi connectivity index (χ0v) is 17.1. The van der Waals surface area contributed by atoms with Crippen molar-refractivity contribution in [1.82, 2.24) is 19.7 Å². The van der Waals surface area contributed by atoms with Gasteiger partial charge >= 0.3 is 6.18 Å². The Balaban J connectivity index is 1.59. The van der Waals surface area contributed by atoms with E-state index in [-0.39, 0.29) is 17.6 Å². The van der Waals surface area contributed by atoms with Gasteiger partial charge in [-0.2, -0.15) is 18.3 Å². The summed E-state index contributed by atoms with van der Waals surface area (Å²) in [6.45, 7) is 0. The average Bonchev–Trinajstić information content (AvgIpc) is 3.21. The van der Waals surface area contributed by atoms with Crippen molar-refractivity contribution in [2.24, 2.45) is 5.92 Å². The largest absolute Gasteiger partial charge is 0.494 e. The zero-order chi connectivity index (χ0) is 22.9. The number of anilines is 1. The summed E-state index contributed by atoms with van der Waals surface area (Å²) in [5, 5.41) is 7.87. The number of amides is 1. The summed E-state index contributed by atoms with van der Waals surface area (Å²) < 4.78 is 45.8. The maximum Gasteiger partial charge on any atom is 0.434 e. The Morgan fingerprint density at radius 2 is 1.97 bits per heavy atom. The average molecular weight is 447 g/mol. The van der Waals surface area contributed by atoms with Crippen LogP contribution < -0.4 is 10.1 Å². The Labute approximate surface area is 180 Å². The molecule has 1 fully saturated rings. The number of ether oxygens (including phenoxy) is 1. The number of alkyl halides is 3. The first-order chi connectivity index (χ1) is 15.3. The second-order valence-corrected chi connectivity index (χ2v) is 7.67. The molecule has 1 aliphatic rings. The molecule has 1 N–H and O–H groups in total. The molecule has 1 saturated carbocycles. The van der Waals surface area contributed by atoms with Crippen molar-refractivity contribution in [1.29, 1.82) is 0 Å². The molecule has 1 aromatic carbocycles. The third-order valence-electron chi connectivity index (χ3n) is 5.56. The fourth-order valence-electron chi connectivity index (χ4n) is 3.83. The van der Waals surface area contributed by atoms with Gasteiger partial charge < -0.3 is 14.8 Å². The maximum atomic E-state index is 12.9. The lowest BCUT2D eigenvalue weighted by molar-refractivity contribution is -0.141. The zero-order valence-electron chi connectivity index (χ0n) is 17.1. The lowest BCUT2D eigenvalue weighted by atomic mass is 9.87. The number of aromatic nitrogens is 4. The van der Waals surface area contributed by atoms with Crippen LogP contribution in [0.1, 0.15) is 47.9 Å². The standard InChI is InChI=1S/C21H20F3N5O3/c1-32-18-7-15-13(10-29(28-15)14-4-2-12(11-30)3-5-14)6-16(18)27-20(31)17-8-25-9-19(26-17)21(22,23)24/h6-12,14H,2-5H2,1H3,(H,27,31). The first kappa shape index (κ1) is 21.7. The van der Waals surface area contributed by atoms with Gasteiger partial charge in [0, 0.05) is 23.6 Å². The number of aldehydes is 1. The Morgan fingerprint density at radius 1 is 1.22 bits per heavy atom. The number of hydrogen-bond donors (Lipinski definition) is 1. The van der Waals surface area contributed by atoms with Crippen LogP contribution in [-0.2, 0) is 11.0 Å². The molecule has 0 unspecified atom stereocenters. The normalized spacial score (nSPS) is 19.0. The molecule has 0 bridgehead atoms. The Kier molecular flexibility index (Phi) is 5.81. The maximum absolute atomic E-state index is 12.9. The van der Waals surface area contributed by atoms with Gasteiger partial charge in [0.2, 0.25) is 0 Å². The number of carbonyl (C=O) groups is 2. The predicted octanol–water partition coefficient (Wildman–Crippen LogP) is 4.04. The number of halogens is 3. The first-order valence-corrected chi connectivity index (χ1v) is 10.0. The van der Waals surface area contributed by atoms with Gasteiger partial charge in [0.25, 0.3) is 5.91 Å². The molecule has 8 nitrogen and oxygen atoms in total. The number of fused-ring (bicyclic) bond motifs is 1. The molecule has 1 aliphatic carbocycles. The summed E-state index contributed by atoms with van der Waals surface area (Å²) in [7, 11) is 1.42. The van der Waals surface area contributed by atoms with Crippen LogP contribution in [0.5, 0.6) is 5.75 Å². The van der Waals surface area contributed by atoms with Crippen LogP contribution in [0.4, 0.5) is 18.9 Å². The summed E-state index contributed by atoms with van der Waals surface area (Å²) in [5.74, 6) is -0.446. The highest BCUT2D eigenvalue weighted by atomic mass is 19.4. The molecule has 4 rings (SSSR count). The molecule has 168 valence electrons. The van der Waals surface area contributed by atoms with Crippen molar-refractivity contribution in [2.45, 2.75) is 37.9 Å². The lowest BCUT2D eigenvalue weighted by Crippen LogP contribution is -2.19. The van der Waals surface area contributed by atoms with E-state index in [9.17, 15) is 22.8 Å². The molecular formula is C21H20F3N5O3. The highest BCUT2D eigenvalue weighted by Gasteiger charge is 2.33. The topological polar surface area (TPSA) is 99.0 Å². The number of benzene rings is 1. The van der Waals surface area contributed by atoms with Crippen LogP contribution in [0.2, 0.25) is 0 Å². The molecule has 0 radical (unpaired) electrons. The van der Waals surface area contributed by atoms with Crippen LogP contribution in [0.3, 0.4) is 0 Å². The molecule has 2 aromatic heterocycles. The fraction of sp³-hybridized carbons (Fsp3) is 0.381. The summed E-state index contributed by atoms with van der Waals surface area (Å²) in [4.78, 5) is 30.3. The highest BCUT2D eigenvalue weighted by molar-refractivity contribution is 6.04. The van der Waals surface area contributed by atoms with Gasteiger partial charge in [-0.25, -0.2) is 4.98 Å². The molecule has 0 saturated heterocycles. The monoisotopic (exact) mass is 447 g/mol. The SMILES string of the molecule is COc1cc2nn(C3CCC(C=O)CC3)cc2cc1NC(=O)c1cncc(C(F)(F)F)n1. The van der Waals surface area contributed by atoms with Crippen molar-refractivity contribution in [3.63, 3.8) is 0 Å². The summed E-state index contributed by atoms with van der Waals surface area (Å²) >= 11 is 0. The van der Waals surface area contributed by atoms with Crippen molar-refractivity contribution in [3.05, 3.63) is 42.1 Å². The number of nitrogens with zero attached hydrogens (tertiary/aromatic N) is 4. The molecule has 32 heavy (non-hydrogen) atoms. The van der Waals surface area contributed by atoms with Gasteiger partial charge in [0.05, 0.1) is 36.7 Å². The molecule has 2 heterocycles. The number of methoxy groups -OCH3 is 1. The van der Waals surface area contributed by atoms with Crippen molar-refractivity contribution >= 4 is 28.8 Å². The molecule has 0 aliphatic heterocycles.